The topological polar surface area (TPSA) is 69.0 Å². The van der Waals surface area contributed by atoms with Crippen molar-refractivity contribution in [2.75, 3.05) is 13.7 Å². The van der Waals surface area contributed by atoms with Crippen LogP contribution in [0.3, 0.4) is 0 Å². The molecule has 2 aromatic heterocycles. The summed E-state index contributed by atoms with van der Waals surface area (Å²) in [5.74, 6) is 0.321. The molecule has 0 atom stereocenters. The number of rotatable bonds is 8. The molecule has 0 spiro atoms. The number of aryl methyl sites for hydroxylation is 1. The summed E-state index contributed by atoms with van der Waals surface area (Å²) in [4.78, 5) is 17.1. The van der Waals surface area contributed by atoms with Gasteiger partial charge < -0.3 is 10.1 Å². The van der Waals surface area contributed by atoms with Gasteiger partial charge in [-0.25, -0.2) is 4.98 Å². The van der Waals surface area contributed by atoms with E-state index < -0.39 is 0 Å². The van der Waals surface area contributed by atoms with Crippen molar-refractivity contribution in [1.82, 2.24) is 20.1 Å². The Morgan fingerprint density at radius 3 is 2.62 bits per heavy atom. The fourth-order valence-corrected chi connectivity index (χ4v) is 3.97. The maximum absolute atomic E-state index is 12.6. The highest BCUT2D eigenvalue weighted by Gasteiger charge is 2.15. The monoisotopic (exact) mass is 412 g/mol. The van der Waals surface area contributed by atoms with E-state index in [0.29, 0.717) is 31.3 Å². The Morgan fingerprint density at radius 1 is 1.24 bits per heavy atom. The molecule has 3 rings (SSSR count). The second-order valence-corrected chi connectivity index (χ2v) is 8.22. The second-order valence-electron chi connectivity index (χ2n) is 7.36. The third-order valence-electron chi connectivity index (χ3n) is 5.03. The molecule has 154 valence electrons. The first kappa shape index (κ1) is 21.2. The number of hydrogen-bond donors (Lipinski definition) is 1. The number of thiazole rings is 1. The number of nitrogens with one attached hydrogen (secondary N) is 1. The lowest BCUT2D eigenvalue weighted by molar-refractivity contribution is 0.0946. The molecule has 2 heterocycles. The number of ether oxygens (including phenoxy) is 1. The van der Waals surface area contributed by atoms with Crippen molar-refractivity contribution in [2.24, 2.45) is 0 Å². The van der Waals surface area contributed by atoms with Gasteiger partial charge in [0.05, 0.1) is 18.8 Å². The van der Waals surface area contributed by atoms with Crippen molar-refractivity contribution in [2.45, 2.75) is 46.7 Å². The Hall–Kier alpha value is -2.51. The van der Waals surface area contributed by atoms with Gasteiger partial charge in [-0.15, -0.1) is 11.3 Å². The maximum atomic E-state index is 12.6. The smallest absolute Gasteiger partial charge is 0.271 e. The van der Waals surface area contributed by atoms with Crippen LogP contribution in [0, 0.1) is 13.8 Å². The van der Waals surface area contributed by atoms with Crippen LogP contribution in [0.4, 0.5) is 0 Å². The molecular formula is C22H28N4O2S. The Kier molecular flexibility index (Phi) is 6.82. The molecule has 1 N–H and O–H groups in total. The molecule has 0 radical (unpaired) electrons. The minimum Gasteiger partial charge on any atom is -0.383 e. The summed E-state index contributed by atoms with van der Waals surface area (Å²) in [7, 11) is 1.67. The highest BCUT2D eigenvalue weighted by molar-refractivity contribution is 7.13. The first-order valence-electron chi connectivity index (χ1n) is 9.76. The lowest BCUT2D eigenvalue weighted by Gasteiger charge is -2.06. The Labute approximate surface area is 175 Å². The summed E-state index contributed by atoms with van der Waals surface area (Å²) in [6, 6.07) is 8.37. The average molecular weight is 413 g/mol. The van der Waals surface area contributed by atoms with Gasteiger partial charge in [-0.3, -0.25) is 9.48 Å². The van der Waals surface area contributed by atoms with Crippen LogP contribution in [0.15, 0.2) is 29.6 Å². The number of carbonyl (C=O) groups excluding carboxylic acids is 1. The maximum Gasteiger partial charge on any atom is 0.271 e. The predicted molar refractivity (Wildman–Crippen MR) is 116 cm³/mol. The van der Waals surface area contributed by atoms with Gasteiger partial charge in [-0.1, -0.05) is 38.1 Å². The predicted octanol–water partition coefficient (Wildman–Crippen LogP) is 4.32. The van der Waals surface area contributed by atoms with Crippen LogP contribution in [0.1, 0.15) is 52.8 Å². The number of nitrogens with zero attached hydrogens (tertiary/aromatic N) is 3. The number of amides is 1. The molecule has 0 unspecified atom stereocenters. The first-order valence-corrected chi connectivity index (χ1v) is 10.6. The molecule has 3 aromatic rings. The summed E-state index contributed by atoms with van der Waals surface area (Å²) in [6.07, 6.45) is 0. The lowest BCUT2D eigenvalue weighted by atomic mass is 10.0. The molecule has 7 heteroatoms. The van der Waals surface area contributed by atoms with Crippen LogP contribution in [-0.4, -0.2) is 34.4 Å². The van der Waals surface area contributed by atoms with E-state index in [-0.39, 0.29) is 5.91 Å². The quantitative estimate of drug-likeness (QED) is 0.598. The van der Waals surface area contributed by atoms with Crippen LogP contribution in [-0.2, 0) is 17.8 Å². The van der Waals surface area contributed by atoms with Crippen LogP contribution >= 0.6 is 11.3 Å². The highest BCUT2D eigenvalue weighted by atomic mass is 32.1. The molecule has 0 saturated heterocycles. The zero-order valence-electron chi connectivity index (χ0n) is 17.7. The SMILES string of the molecule is COCCn1nc(C)c(CNC(=O)c2csc(-c3ccc(C(C)C)cc3)n2)c1C. The van der Waals surface area contributed by atoms with E-state index in [1.54, 1.807) is 7.11 Å². The van der Waals surface area contributed by atoms with Crippen LogP contribution in [0.2, 0.25) is 0 Å². The van der Waals surface area contributed by atoms with Crippen molar-refractivity contribution in [3.8, 4) is 10.6 Å². The molecule has 29 heavy (non-hydrogen) atoms. The Balaban J connectivity index is 1.66. The molecule has 0 bridgehead atoms. The standard InChI is InChI=1S/C22H28N4O2S/c1-14(2)17-6-8-18(9-7-17)22-24-20(13-29-22)21(27)23-12-19-15(3)25-26(16(19)4)10-11-28-5/h6-9,13-14H,10-12H2,1-5H3,(H,23,27). The largest absolute Gasteiger partial charge is 0.383 e. The van der Waals surface area contributed by atoms with Gasteiger partial charge in [-0.05, 0) is 25.3 Å². The average Bonchev–Trinajstić information content (AvgIpc) is 3.30. The number of hydrogen-bond acceptors (Lipinski definition) is 5. The van der Waals surface area contributed by atoms with E-state index in [4.69, 9.17) is 4.74 Å². The summed E-state index contributed by atoms with van der Waals surface area (Å²) in [5, 5.41) is 10.2. The van der Waals surface area contributed by atoms with Gasteiger partial charge in [0.2, 0.25) is 0 Å². The number of aromatic nitrogens is 3. The third kappa shape index (κ3) is 4.92. The summed E-state index contributed by atoms with van der Waals surface area (Å²) >= 11 is 1.48. The van der Waals surface area contributed by atoms with Gasteiger partial charge in [0, 0.05) is 35.9 Å². The van der Waals surface area contributed by atoms with E-state index in [9.17, 15) is 4.79 Å². The minimum atomic E-state index is -0.172. The molecule has 0 aliphatic rings. The lowest BCUT2D eigenvalue weighted by Crippen LogP contribution is -2.23. The van der Waals surface area contributed by atoms with Crippen molar-refractivity contribution in [3.05, 3.63) is 57.9 Å². The van der Waals surface area contributed by atoms with Crippen molar-refractivity contribution in [3.63, 3.8) is 0 Å². The molecule has 0 saturated carbocycles. The van der Waals surface area contributed by atoms with E-state index in [1.807, 2.05) is 23.9 Å². The van der Waals surface area contributed by atoms with Gasteiger partial charge >= 0.3 is 0 Å². The van der Waals surface area contributed by atoms with Gasteiger partial charge in [-0.2, -0.15) is 5.10 Å². The van der Waals surface area contributed by atoms with Gasteiger partial charge in [0.25, 0.3) is 5.91 Å². The fourth-order valence-electron chi connectivity index (χ4n) is 3.17. The van der Waals surface area contributed by atoms with E-state index in [0.717, 1.165) is 27.5 Å². The third-order valence-corrected chi connectivity index (χ3v) is 5.92. The summed E-state index contributed by atoms with van der Waals surface area (Å²) in [6.45, 7) is 10.0. The van der Waals surface area contributed by atoms with Crippen molar-refractivity contribution >= 4 is 17.2 Å². The first-order chi connectivity index (χ1) is 13.9. The van der Waals surface area contributed by atoms with E-state index >= 15 is 0 Å². The van der Waals surface area contributed by atoms with Gasteiger partial charge in [0.15, 0.2) is 0 Å². The van der Waals surface area contributed by atoms with E-state index in [2.05, 4.69) is 53.5 Å². The number of methoxy groups -OCH3 is 1. The molecule has 6 nitrogen and oxygen atoms in total. The van der Waals surface area contributed by atoms with Crippen LogP contribution in [0.5, 0.6) is 0 Å². The van der Waals surface area contributed by atoms with E-state index in [1.165, 1.54) is 16.9 Å². The zero-order valence-corrected chi connectivity index (χ0v) is 18.5. The molecule has 0 aliphatic heterocycles. The van der Waals surface area contributed by atoms with Crippen LogP contribution in [0.25, 0.3) is 10.6 Å². The normalized spacial score (nSPS) is 11.2. The summed E-state index contributed by atoms with van der Waals surface area (Å²) < 4.78 is 7.04. The fraction of sp³-hybridized carbons (Fsp3) is 0.409. The van der Waals surface area contributed by atoms with Crippen molar-refractivity contribution < 1.29 is 9.53 Å². The molecule has 0 fully saturated rings. The minimum absolute atomic E-state index is 0.172. The Morgan fingerprint density at radius 2 is 1.97 bits per heavy atom. The number of carbonyl (C=O) groups is 1. The van der Waals surface area contributed by atoms with Crippen LogP contribution < -0.4 is 5.32 Å². The second kappa shape index (κ2) is 9.33. The molecule has 0 aliphatic carbocycles. The zero-order chi connectivity index (χ0) is 21.0. The van der Waals surface area contributed by atoms with Gasteiger partial charge in [0.1, 0.15) is 10.7 Å². The molecular weight excluding hydrogens is 384 g/mol. The number of benzene rings is 1. The summed E-state index contributed by atoms with van der Waals surface area (Å²) in [5.41, 5.74) is 5.77. The molecule has 1 amide bonds. The molecule has 1 aromatic carbocycles. The Bertz CT molecular complexity index is 973. The van der Waals surface area contributed by atoms with Crippen molar-refractivity contribution in [1.29, 1.82) is 0 Å². The highest BCUT2D eigenvalue weighted by Crippen LogP contribution is 2.26.